The van der Waals surface area contributed by atoms with E-state index < -0.39 is 17.7 Å². The number of hydrogen-bond donors (Lipinski definition) is 1. The van der Waals surface area contributed by atoms with E-state index in [0.717, 1.165) is 6.07 Å². The SMILES string of the molecule is COC(=O)c1ccc(Cl)c(NC(=O)COc2ccc(F)c(Cl)c2)c1. The largest absolute Gasteiger partial charge is 0.484 e. The van der Waals surface area contributed by atoms with E-state index >= 15 is 0 Å². The summed E-state index contributed by atoms with van der Waals surface area (Å²) in [7, 11) is 1.25. The van der Waals surface area contributed by atoms with Crippen LogP contribution in [0.3, 0.4) is 0 Å². The number of ether oxygens (including phenoxy) is 2. The van der Waals surface area contributed by atoms with Crippen LogP contribution >= 0.6 is 23.2 Å². The molecule has 0 heterocycles. The van der Waals surface area contributed by atoms with Gasteiger partial charge in [0.2, 0.25) is 0 Å². The van der Waals surface area contributed by atoms with Gasteiger partial charge in [-0.25, -0.2) is 9.18 Å². The van der Waals surface area contributed by atoms with Crippen LogP contribution in [0.5, 0.6) is 5.75 Å². The van der Waals surface area contributed by atoms with Crippen molar-refractivity contribution in [2.24, 2.45) is 0 Å². The van der Waals surface area contributed by atoms with Crippen molar-refractivity contribution in [2.45, 2.75) is 0 Å². The Morgan fingerprint density at radius 2 is 1.88 bits per heavy atom. The maximum atomic E-state index is 13.0. The average Bonchev–Trinajstić information content (AvgIpc) is 2.57. The molecule has 0 fully saturated rings. The molecule has 0 atom stereocenters. The highest BCUT2D eigenvalue weighted by Gasteiger charge is 2.12. The number of amides is 1. The number of esters is 1. The quantitative estimate of drug-likeness (QED) is 0.808. The lowest BCUT2D eigenvalue weighted by atomic mass is 10.2. The third-order valence-corrected chi connectivity index (χ3v) is 3.54. The van der Waals surface area contributed by atoms with E-state index in [0.29, 0.717) is 0 Å². The first-order valence-corrected chi connectivity index (χ1v) is 7.42. The number of rotatable bonds is 5. The number of methoxy groups -OCH3 is 1. The molecule has 0 aliphatic carbocycles. The van der Waals surface area contributed by atoms with Crippen molar-refractivity contribution in [1.82, 2.24) is 0 Å². The van der Waals surface area contributed by atoms with Gasteiger partial charge in [-0.2, -0.15) is 0 Å². The van der Waals surface area contributed by atoms with Crippen LogP contribution in [0.25, 0.3) is 0 Å². The van der Waals surface area contributed by atoms with E-state index in [4.69, 9.17) is 27.9 Å². The molecule has 0 bridgehead atoms. The van der Waals surface area contributed by atoms with Gasteiger partial charge in [-0.15, -0.1) is 0 Å². The fourth-order valence-corrected chi connectivity index (χ4v) is 2.10. The summed E-state index contributed by atoms with van der Waals surface area (Å²) in [6.45, 7) is -0.346. The summed E-state index contributed by atoms with van der Waals surface area (Å²) in [5.41, 5.74) is 0.480. The van der Waals surface area contributed by atoms with Crippen LogP contribution in [0.2, 0.25) is 10.0 Å². The number of hydrogen-bond acceptors (Lipinski definition) is 4. The number of carbonyl (C=O) groups is 2. The zero-order valence-corrected chi connectivity index (χ0v) is 13.9. The van der Waals surface area contributed by atoms with E-state index in [9.17, 15) is 14.0 Å². The Morgan fingerprint density at radius 1 is 1.12 bits per heavy atom. The summed E-state index contributed by atoms with van der Waals surface area (Å²) in [5, 5.41) is 2.66. The monoisotopic (exact) mass is 371 g/mol. The minimum Gasteiger partial charge on any atom is -0.484 e. The topological polar surface area (TPSA) is 64.6 Å². The maximum absolute atomic E-state index is 13.0. The van der Waals surface area contributed by atoms with Gasteiger partial charge in [-0.1, -0.05) is 23.2 Å². The molecule has 0 aliphatic rings. The zero-order chi connectivity index (χ0) is 17.7. The molecule has 8 heteroatoms. The van der Waals surface area contributed by atoms with Crippen LogP contribution in [-0.2, 0) is 9.53 Å². The highest BCUT2D eigenvalue weighted by molar-refractivity contribution is 6.34. The maximum Gasteiger partial charge on any atom is 0.337 e. The molecule has 2 aromatic rings. The van der Waals surface area contributed by atoms with Crippen molar-refractivity contribution < 1.29 is 23.5 Å². The standard InChI is InChI=1S/C16H12Cl2FNO4/c1-23-16(22)9-2-4-11(17)14(6-9)20-15(21)8-24-10-3-5-13(19)12(18)7-10/h2-7H,8H2,1H3,(H,20,21). The number of carbonyl (C=O) groups excluding carboxylic acids is 2. The van der Waals surface area contributed by atoms with Gasteiger partial charge in [0.05, 0.1) is 28.4 Å². The van der Waals surface area contributed by atoms with Crippen LogP contribution in [0.15, 0.2) is 36.4 Å². The fourth-order valence-electron chi connectivity index (χ4n) is 1.77. The number of benzene rings is 2. The Morgan fingerprint density at radius 3 is 2.54 bits per heavy atom. The Hall–Kier alpha value is -2.31. The van der Waals surface area contributed by atoms with Crippen molar-refractivity contribution in [1.29, 1.82) is 0 Å². The molecule has 0 saturated heterocycles. The molecule has 0 aromatic heterocycles. The van der Waals surface area contributed by atoms with E-state index in [1.807, 2.05) is 0 Å². The van der Waals surface area contributed by atoms with Gasteiger partial charge >= 0.3 is 5.97 Å². The Bertz CT molecular complexity index is 783. The normalized spacial score (nSPS) is 10.2. The lowest BCUT2D eigenvalue weighted by Gasteiger charge is -2.10. The third kappa shape index (κ3) is 4.59. The van der Waals surface area contributed by atoms with Crippen molar-refractivity contribution in [3.05, 3.63) is 57.8 Å². The second kappa shape index (κ2) is 7.99. The Labute approximate surface area is 147 Å². The molecular weight excluding hydrogens is 360 g/mol. The van der Waals surface area contributed by atoms with Gasteiger partial charge in [0, 0.05) is 6.07 Å². The first kappa shape index (κ1) is 18.0. The average molecular weight is 372 g/mol. The molecule has 2 rings (SSSR count). The number of anilines is 1. The lowest BCUT2D eigenvalue weighted by Crippen LogP contribution is -2.20. The zero-order valence-electron chi connectivity index (χ0n) is 12.4. The van der Waals surface area contributed by atoms with E-state index in [-0.39, 0.29) is 33.7 Å². The number of halogens is 3. The van der Waals surface area contributed by atoms with Gasteiger partial charge in [-0.3, -0.25) is 4.79 Å². The Kier molecular flexibility index (Phi) is 6.00. The molecule has 0 aliphatic heterocycles. The molecule has 0 saturated carbocycles. The molecule has 1 N–H and O–H groups in total. The van der Waals surface area contributed by atoms with Crippen molar-refractivity contribution >= 4 is 40.8 Å². The predicted octanol–water partition coefficient (Wildman–Crippen LogP) is 3.94. The highest BCUT2D eigenvalue weighted by atomic mass is 35.5. The van der Waals surface area contributed by atoms with Crippen molar-refractivity contribution in [2.75, 3.05) is 19.0 Å². The van der Waals surface area contributed by atoms with Crippen LogP contribution in [0.1, 0.15) is 10.4 Å². The second-order valence-electron chi connectivity index (χ2n) is 4.60. The summed E-state index contributed by atoms with van der Waals surface area (Å²) in [4.78, 5) is 23.4. The van der Waals surface area contributed by atoms with E-state index in [1.54, 1.807) is 0 Å². The first-order valence-electron chi connectivity index (χ1n) is 6.66. The van der Waals surface area contributed by atoms with Gasteiger partial charge < -0.3 is 14.8 Å². The van der Waals surface area contributed by atoms with Crippen molar-refractivity contribution in [3.8, 4) is 5.75 Å². The minimum absolute atomic E-state index is 0.110. The molecule has 1 amide bonds. The van der Waals surface area contributed by atoms with Crippen LogP contribution in [0.4, 0.5) is 10.1 Å². The molecule has 2 aromatic carbocycles. The molecule has 0 unspecified atom stereocenters. The van der Waals surface area contributed by atoms with Crippen LogP contribution in [0, 0.1) is 5.82 Å². The Balaban J connectivity index is 2.01. The second-order valence-corrected chi connectivity index (χ2v) is 5.41. The molecule has 5 nitrogen and oxygen atoms in total. The van der Waals surface area contributed by atoms with Crippen LogP contribution < -0.4 is 10.1 Å². The molecule has 0 radical (unpaired) electrons. The highest BCUT2D eigenvalue weighted by Crippen LogP contribution is 2.24. The van der Waals surface area contributed by atoms with Gasteiger partial charge in [-0.05, 0) is 30.3 Å². The third-order valence-electron chi connectivity index (χ3n) is 2.92. The summed E-state index contributed by atoms with van der Waals surface area (Å²) in [6, 6.07) is 8.06. The molecule has 0 spiro atoms. The van der Waals surface area contributed by atoms with Gasteiger partial charge in [0.1, 0.15) is 11.6 Å². The smallest absolute Gasteiger partial charge is 0.337 e. The summed E-state index contributed by atoms with van der Waals surface area (Å²) < 4.78 is 22.9. The lowest BCUT2D eigenvalue weighted by molar-refractivity contribution is -0.118. The van der Waals surface area contributed by atoms with Gasteiger partial charge in [0.25, 0.3) is 5.91 Å². The summed E-state index contributed by atoms with van der Waals surface area (Å²) in [6.07, 6.45) is 0. The molecular formula is C16H12Cl2FNO4. The summed E-state index contributed by atoms with van der Waals surface area (Å²) >= 11 is 11.6. The first-order chi connectivity index (χ1) is 11.4. The van der Waals surface area contributed by atoms with Crippen molar-refractivity contribution in [3.63, 3.8) is 0 Å². The molecule has 126 valence electrons. The minimum atomic E-state index is -0.583. The predicted molar refractivity (Wildman–Crippen MR) is 88.3 cm³/mol. The molecule has 24 heavy (non-hydrogen) atoms. The van der Waals surface area contributed by atoms with E-state index in [1.165, 1.54) is 37.4 Å². The van der Waals surface area contributed by atoms with E-state index in [2.05, 4.69) is 10.1 Å². The number of nitrogens with one attached hydrogen (secondary N) is 1. The van der Waals surface area contributed by atoms with Crippen LogP contribution in [-0.4, -0.2) is 25.6 Å². The fraction of sp³-hybridized carbons (Fsp3) is 0.125. The van der Waals surface area contributed by atoms with Gasteiger partial charge in [0.15, 0.2) is 6.61 Å². The summed E-state index contributed by atoms with van der Waals surface area (Å²) in [5.74, 6) is -1.41.